The Bertz CT molecular complexity index is 614. The van der Waals surface area contributed by atoms with Crippen LogP contribution in [0, 0.1) is 0 Å². The molecule has 0 saturated carbocycles. The summed E-state index contributed by atoms with van der Waals surface area (Å²) in [5.74, 6) is 1.34. The third kappa shape index (κ3) is 3.34. The van der Waals surface area contributed by atoms with Gasteiger partial charge in [0.15, 0.2) is 0 Å². The number of amides is 4. The Labute approximate surface area is 139 Å². The zero-order valence-electron chi connectivity index (χ0n) is 12.7. The summed E-state index contributed by atoms with van der Waals surface area (Å²) in [5.41, 5.74) is -0.0337. The second kappa shape index (κ2) is 6.62. The topological polar surface area (TPSA) is 78.5 Å². The summed E-state index contributed by atoms with van der Waals surface area (Å²) in [4.78, 5) is 37.8. The van der Waals surface area contributed by atoms with Crippen LogP contribution in [0.25, 0.3) is 0 Å². The van der Waals surface area contributed by atoms with E-state index in [0.29, 0.717) is 18.5 Å². The summed E-state index contributed by atoms with van der Waals surface area (Å²) >= 11 is 1.79. The molecule has 2 saturated heterocycles. The number of carbonyl (C=O) groups is 3. The molecule has 0 atom stereocenters. The monoisotopic (exact) mass is 333 g/mol. The van der Waals surface area contributed by atoms with Gasteiger partial charge in [-0.2, -0.15) is 11.8 Å². The lowest BCUT2D eigenvalue weighted by molar-refractivity contribution is -0.131. The molecule has 1 aromatic rings. The van der Waals surface area contributed by atoms with E-state index in [1.807, 2.05) is 18.2 Å². The van der Waals surface area contributed by atoms with E-state index in [4.69, 9.17) is 0 Å². The SMILES string of the molecule is O=C(CCN1C(=O)NC2(CCSCC2)C1=O)Nc1ccccc1. The molecule has 1 aromatic carbocycles. The van der Waals surface area contributed by atoms with Gasteiger partial charge in [0.25, 0.3) is 5.91 Å². The highest BCUT2D eigenvalue weighted by Crippen LogP contribution is 2.32. The van der Waals surface area contributed by atoms with Gasteiger partial charge in [0.1, 0.15) is 5.54 Å². The van der Waals surface area contributed by atoms with Crippen LogP contribution in [0.1, 0.15) is 19.3 Å². The predicted octanol–water partition coefficient (Wildman–Crippen LogP) is 1.83. The van der Waals surface area contributed by atoms with Crippen molar-refractivity contribution in [2.24, 2.45) is 0 Å². The van der Waals surface area contributed by atoms with Gasteiger partial charge in [0.2, 0.25) is 5.91 Å². The quantitative estimate of drug-likeness (QED) is 0.824. The van der Waals surface area contributed by atoms with E-state index >= 15 is 0 Å². The van der Waals surface area contributed by atoms with Crippen molar-refractivity contribution in [2.45, 2.75) is 24.8 Å². The maximum atomic E-state index is 12.6. The van der Waals surface area contributed by atoms with Gasteiger partial charge in [-0.3, -0.25) is 14.5 Å². The molecule has 7 heteroatoms. The number of nitrogens with zero attached hydrogens (tertiary/aromatic N) is 1. The molecule has 1 spiro atoms. The molecule has 0 aromatic heterocycles. The summed E-state index contributed by atoms with van der Waals surface area (Å²) in [6.07, 6.45) is 1.42. The first-order valence-electron chi connectivity index (χ1n) is 7.67. The van der Waals surface area contributed by atoms with Crippen LogP contribution >= 0.6 is 11.8 Å². The summed E-state index contributed by atoms with van der Waals surface area (Å²) in [7, 11) is 0. The highest BCUT2D eigenvalue weighted by molar-refractivity contribution is 7.99. The van der Waals surface area contributed by atoms with E-state index in [9.17, 15) is 14.4 Å². The van der Waals surface area contributed by atoms with E-state index < -0.39 is 5.54 Å². The summed E-state index contributed by atoms with van der Waals surface area (Å²) < 4.78 is 0. The number of anilines is 1. The highest BCUT2D eigenvalue weighted by Gasteiger charge is 2.51. The molecule has 3 rings (SSSR count). The molecule has 0 bridgehead atoms. The summed E-state index contributed by atoms with van der Waals surface area (Å²) in [6, 6.07) is 8.73. The molecule has 0 radical (unpaired) electrons. The van der Waals surface area contributed by atoms with Gasteiger partial charge < -0.3 is 10.6 Å². The van der Waals surface area contributed by atoms with Gasteiger partial charge in [-0.25, -0.2) is 4.79 Å². The Kier molecular flexibility index (Phi) is 4.56. The molecule has 2 aliphatic rings. The van der Waals surface area contributed by atoms with Crippen LogP contribution in [0.2, 0.25) is 0 Å². The standard InChI is InChI=1S/C16H19N3O3S/c20-13(17-12-4-2-1-3-5-12)6-9-19-14(21)16(18-15(19)22)7-10-23-11-8-16/h1-5H,6-11H2,(H,17,20)(H,18,22). The van der Waals surface area contributed by atoms with Gasteiger partial charge in [0, 0.05) is 18.7 Å². The number of benzene rings is 1. The second-order valence-electron chi connectivity index (χ2n) is 5.75. The van der Waals surface area contributed by atoms with Crippen LogP contribution in [-0.2, 0) is 9.59 Å². The maximum absolute atomic E-state index is 12.6. The molecule has 2 aliphatic heterocycles. The molecular formula is C16H19N3O3S. The van der Waals surface area contributed by atoms with Crippen LogP contribution < -0.4 is 10.6 Å². The first kappa shape index (κ1) is 15.9. The van der Waals surface area contributed by atoms with Gasteiger partial charge in [-0.05, 0) is 36.5 Å². The number of nitrogens with one attached hydrogen (secondary N) is 2. The fraction of sp³-hybridized carbons (Fsp3) is 0.438. The predicted molar refractivity (Wildman–Crippen MR) is 89.2 cm³/mol. The molecule has 0 unspecified atom stereocenters. The van der Waals surface area contributed by atoms with Gasteiger partial charge >= 0.3 is 6.03 Å². The van der Waals surface area contributed by atoms with Crippen molar-refractivity contribution in [3.63, 3.8) is 0 Å². The number of hydrogen-bond donors (Lipinski definition) is 2. The molecule has 0 aliphatic carbocycles. The number of thioether (sulfide) groups is 1. The Morgan fingerprint density at radius 3 is 2.61 bits per heavy atom. The van der Waals surface area contributed by atoms with Crippen molar-refractivity contribution >= 4 is 35.3 Å². The molecule has 122 valence electrons. The Morgan fingerprint density at radius 1 is 1.22 bits per heavy atom. The Balaban J connectivity index is 1.56. The van der Waals surface area contributed by atoms with Crippen molar-refractivity contribution in [1.29, 1.82) is 0 Å². The minimum absolute atomic E-state index is 0.0961. The van der Waals surface area contributed by atoms with Crippen LogP contribution in [0.3, 0.4) is 0 Å². The van der Waals surface area contributed by atoms with Crippen molar-refractivity contribution in [3.8, 4) is 0 Å². The fourth-order valence-corrected chi connectivity index (χ4v) is 4.09. The normalized spacial score (nSPS) is 19.7. The van der Waals surface area contributed by atoms with Crippen molar-refractivity contribution in [2.75, 3.05) is 23.4 Å². The van der Waals surface area contributed by atoms with Crippen LogP contribution in [0.15, 0.2) is 30.3 Å². The smallest absolute Gasteiger partial charge is 0.325 e. The largest absolute Gasteiger partial charge is 0.326 e. The molecule has 23 heavy (non-hydrogen) atoms. The average Bonchev–Trinajstić information content (AvgIpc) is 2.77. The van der Waals surface area contributed by atoms with E-state index in [2.05, 4.69) is 10.6 Å². The molecule has 4 amide bonds. The Hall–Kier alpha value is -2.02. The van der Waals surface area contributed by atoms with E-state index in [-0.39, 0.29) is 30.8 Å². The lowest BCUT2D eigenvalue weighted by Gasteiger charge is -2.30. The summed E-state index contributed by atoms with van der Waals surface area (Å²) in [6.45, 7) is 0.109. The number of para-hydroxylation sites is 1. The van der Waals surface area contributed by atoms with Crippen molar-refractivity contribution in [3.05, 3.63) is 30.3 Å². The van der Waals surface area contributed by atoms with Gasteiger partial charge in [-0.1, -0.05) is 18.2 Å². The molecule has 2 N–H and O–H groups in total. The zero-order chi connectivity index (χ0) is 16.3. The lowest BCUT2D eigenvalue weighted by Crippen LogP contribution is -2.49. The number of urea groups is 1. The molecular weight excluding hydrogens is 314 g/mol. The zero-order valence-corrected chi connectivity index (χ0v) is 13.5. The minimum Gasteiger partial charge on any atom is -0.326 e. The van der Waals surface area contributed by atoms with E-state index in [0.717, 1.165) is 11.5 Å². The molecule has 6 nitrogen and oxygen atoms in total. The fourth-order valence-electron chi connectivity index (χ4n) is 2.90. The van der Waals surface area contributed by atoms with Gasteiger partial charge in [0.05, 0.1) is 0 Å². The van der Waals surface area contributed by atoms with Crippen LogP contribution in [-0.4, -0.2) is 46.3 Å². The average molecular weight is 333 g/mol. The van der Waals surface area contributed by atoms with Crippen molar-refractivity contribution < 1.29 is 14.4 Å². The lowest BCUT2D eigenvalue weighted by atomic mass is 9.92. The number of carbonyl (C=O) groups excluding carboxylic acids is 3. The third-order valence-corrected chi connectivity index (χ3v) is 5.20. The molecule has 2 heterocycles. The van der Waals surface area contributed by atoms with Crippen LogP contribution in [0.4, 0.5) is 10.5 Å². The Morgan fingerprint density at radius 2 is 1.91 bits per heavy atom. The highest BCUT2D eigenvalue weighted by atomic mass is 32.2. The number of rotatable bonds is 4. The summed E-state index contributed by atoms with van der Waals surface area (Å²) in [5, 5.41) is 5.59. The van der Waals surface area contributed by atoms with E-state index in [1.165, 1.54) is 4.90 Å². The van der Waals surface area contributed by atoms with Gasteiger partial charge in [-0.15, -0.1) is 0 Å². The van der Waals surface area contributed by atoms with Crippen LogP contribution in [0.5, 0.6) is 0 Å². The molecule has 2 fully saturated rings. The maximum Gasteiger partial charge on any atom is 0.325 e. The number of hydrogen-bond acceptors (Lipinski definition) is 4. The third-order valence-electron chi connectivity index (χ3n) is 4.21. The van der Waals surface area contributed by atoms with E-state index in [1.54, 1.807) is 23.9 Å². The first-order valence-corrected chi connectivity index (χ1v) is 8.83. The van der Waals surface area contributed by atoms with Crippen molar-refractivity contribution in [1.82, 2.24) is 10.2 Å². The number of imide groups is 1. The first-order chi connectivity index (χ1) is 11.1. The minimum atomic E-state index is -0.738. The second-order valence-corrected chi connectivity index (χ2v) is 6.97.